The minimum atomic E-state index is 0.462. The molecule has 1 aliphatic heterocycles. The summed E-state index contributed by atoms with van der Waals surface area (Å²) in [4.78, 5) is 11.5. The van der Waals surface area contributed by atoms with Crippen molar-refractivity contribution < 1.29 is 4.74 Å². The zero-order chi connectivity index (χ0) is 17.1. The summed E-state index contributed by atoms with van der Waals surface area (Å²) in [5, 5.41) is 0. The van der Waals surface area contributed by atoms with Crippen molar-refractivity contribution in [3.05, 3.63) is 51.4 Å². The predicted octanol–water partition coefficient (Wildman–Crippen LogP) is 4.39. The molecule has 1 saturated heterocycles. The van der Waals surface area contributed by atoms with Crippen molar-refractivity contribution in [1.29, 1.82) is 0 Å². The Balaban J connectivity index is 1.69. The highest BCUT2D eigenvalue weighted by atomic mass is 79.9. The standard InChI is InChI=1S/C19H24BrN3O/c1-13-10-16(4-5-17(13)20)15-6-8-23(9-7-15)19-11-14(2)21-18(22-19)12-24-3/h4-5,10-11,15H,6-9,12H2,1-3H3. The highest BCUT2D eigenvalue weighted by molar-refractivity contribution is 9.10. The van der Waals surface area contributed by atoms with Crippen molar-refractivity contribution in [3.8, 4) is 0 Å². The average Bonchev–Trinajstić information content (AvgIpc) is 2.57. The van der Waals surface area contributed by atoms with Crippen LogP contribution in [0.25, 0.3) is 0 Å². The smallest absolute Gasteiger partial charge is 0.156 e. The van der Waals surface area contributed by atoms with Crippen LogP contribution >= 0.6 is 15.9 Å². The Morgan fingerprint density at radius 2 is 1.92 bits per heavy atom. The van der Waals surface area contributed by atoms with E-state index in [4.69, 9.17) is 4.74 Å². The van der Waals surface area contributed by atoms with Crippen molar-refractivity contribution >= 4 is 21.7 Å². The molecule has 1 fully saturated rings. The molecule has 0 unspecified atom stereocenters. The molecule has 0 aliphatic carbocycles. The molecule has 1 aromatic carbocycles. The van der Waals surface area contributed by atoms with Gasteiger partial charge in [0.15, 0.2) is 5.82 Å². The second kappa shape index (κ2) is 7.62. The number of methoxy groups -OCH3 is 1. The minimum absolute atomic E-state index is 0.462. The van der Waals surface area contributed by atoms with E-state index in [9.17, 15) is 0 Å². The molecule has 0 spiro atoms. The lowest BCUT2D eigenvalue weighted by Gasteiger charge is -2.33. The topological polar surface area (TPSA) is 38.2 Å². The second-order valence-corrected chi connectivity index (χ2v) is 7.34. The van der Waals surface area contributed by atoms with Crippen LogP contribution in [-0.4, -0.2) is 30.2 Å². The van der Waals surface area contributed by atoms with Gasteiger partial charge in [0.05, 0.1) is 0 Å². The number of ether oxygens (including phenoxy) is 1. The Labute approximate surface area is 152 Å². The van der Waals surface area contributed by atoms with Crippen molar-refractivity contribution in [2.75, 3.05) is 25.1 Å². The monoisotopic (exact) mass is 389 g/mol. The first-order chi connectivity index (χ1) is 11.6. The molecule has 0 radical (unpaired) electrons. The molecule has 0 saturated carbocycles. The molecule has 0 N–H and O–H groups in total. The van der Waals surface area contributed by atoms with Crippen LogP contribution in [0.3, 0.4) is 0 Å². The van der Waals surface area contributed by atoms with Crippen LogP contribution in [0.2, 0.25) is 0 Å². The first-order valence-corrected chi connectivity index (χ1v) is 9.20. The molecule has 128 valence electrons. The summed E-state index contributed by atoms with van der Waals surface area (Å²) < 4.78 is 6.36. The van der Waals surface area contributed by atoms with Gasteiger partial charge in [-0.1, -0.05) is 28.1 Å². The lowest BCUT2D eigenvalue weighted by Crippen LogP contribution is -2.33. The second-order valence-electron chi connectivity index (χ2n) is 6.49. The molecule has 0 atom stereocenters. The number of hydrogen-bond acceptors (Lipinski definition) is 4. The number of piperidine rings is 1. The Bertz CT molecular complexity index is 712. The summed E-state index contributed by atoms with van der Waals surface area (Å²) in [5.41, 5.74) is 3.76. The first-order valence-electron chi connectivity index (χ1n) is 8.41. The number of hydrogen-bond donors (Lipinski definition) is 0. The van der Waals surface area contributed by atoms with Crippen LogP contribution in [0, 0.1) is 13.8 Å². The summed E-state index contributed by atoms with van der Waals surface area (Å²) in [6.07, 6.45) is 2.31. The van der Waals surface area contributed by atoms with Gasteiger partial charge in [-0.15, -0.1) is 0 Å². The van der Waals surface area contributed by atoms with E-state index in [1.54, 1.807) is 7.11 Å². The number of halogens is 1. The summed E-state index contributed by atoms with van der Waals surface area (Å²) >= 11 is 3.59. The van der Waals surface area contributed by atoms with Crippen LogP contribution in [0.5, 0.6) is 0 Å². The van der Waals surface area contributed by atoms with E-state index in [0.29, 0.717) is 12.5 Å². The maximum Gasteiger partial charge on any atom is 0.156 e. The van der Waals surface area contributed by atoms with Gasteiger partial charge in [-0.05, 0) is 49.8 Å². The van der Waals surface area contributed by atoms with E-state index in [1.807, 2.05) is 6.92 Å². The van der Waals surface area contributed by atoms with Gasteiger partial charge in [-0.25, -0.2) is 9.97 Å². The number of nitrogens with zero attached hydrogens (tertiary/aromatic N) is 3. The van der Waals surface area contributed by atoms with E-state index < -0.39 is 0 Å². The zero-order valence-corrected chi connectivity index (χ0v) is 16.1. The van der Waals surface area contributed by atoms with Gasteiger partial charge in [0.2, 0.25) is 0 Å². The summed E-state index contributed by atoms with van der Waals surface area (Å²) in [5.74, 6) is 2.42. The molecule has 1 aliphatic rings. The number of aryl methyl sites for hydroxylation is 2. The zero-order valence-electron chi connectivity index (χ0n) is 14.6. The molecule has 24 heavy (non-hydrogen) atoms. The van der Waals surface area contributed by atoms with Crippen molar-refractivity contribution in [2.24, 2.45) is 0 Å². The number of rotatable bonds is 4. The fourth-order valence-electron chi connectivity index (χ4n) is 3.33. The van der Waals surface area contributed by atoms with Gasteiger partial charge in [-0.3, -0.25) is 0 Å². The van der Waals surface area contributed by atoms with Crippen molar-refractivity contribution in [3.63, 3.8) is 0 Å². The molecule has 1 aromatic heterocycles. The minimum Gasteiger partial charge on any atom is -0.377 e. The molecule has 0 amide bonds. The SMILES string of the molecule is COCc1nc(C)cc(N2CCC(c3ccc(Br)c(C)c3)CC2)n1. The lowest BCUT2D eigenvalue weighted by molar-refractivity contribution is 0.177. The van der Waals surface area contributed by atoms with Gasteiger partial charge in [-0.2, -0.15) is 0 Å². The largest absolute Gasteiger partial charge is 0.377 e. The van der Waals surface area contributed by atoms with Crippen molar-refractivity contribution in [1.82, 2.24) is 9.97 Å². The average molecular weight is 390 g/mol. The molecule has 5 heteroatoms. The van der Waals surface area contributed by atoms with Gasteiger partial charge in [0.25, 0.3) is 0 Å². The highest BCUT2D eigenvalue weighted by Crippen LogP contribution is 2.31. The number of aromatic nitrogens is 2. The molecule has 3 rings (SSSR count). The van der Waals surface area contributed by atoms with Gasteiger partial charge >= 0.3 is 0 Å². The van der Waals surface area contributed by atoms with Crippen LogP contribution < -0.4 is 4.90 Å². The Kier molecular flexibility index (Phi) is 5.51. The van der Waals surface area contributed by atoms with Crippen LogP contribution in [0.4, 0.5) is 5.82 Å². The quantitative estimate of drug-likeness (QED) is 0.776. The van der Waals surface area contributed by atoms with Crippen molar-refractivity contribution in [2.45, 2.75) is 39.2 Å². The van der Waals surface area contributed by atoms with E-state index in [0.717, 1.165) is 43.3 Å². The van der Waals surface area contributed by atoms with E-state index in [-0.39, 0.29) is 0 Å². The van der Waals surface area contributed by atoms with E-state index >= 15 is 0 Å². The van der Waals surface area contributed by atoms with Gasteiger partial charge in [0, 0.05) is 36.4 Å². The van der Waals surface area contributed by atoms with Crippen LogP contribution in [-0.2, 0) is 11.3 Å². The maximum absolute atomic E-state index is 5.17. The Morgan fingerprint density at radius 3 is 2.58 bits per heavy atom. The molecule has 2 aromatic rings. The van der Waals surface area contributed by atoms with Crippen LogP contribution in [0.15, 0.2) is 28.7 Å². The third kappa shape index (κ3) is 3.95. The highest BCUT2D eigenvalue weighted by Gasteiger charge is 2.22. The summed E-state index contributed by atoms with van der Waals surface area (Å²) in [6.45, 7) is 6.69. The molecular formula is C19H24BrN3O. The lowest BCUT2D eigenvalue weighted by atomic mass is 9.89. The fraction of sp³-hybridized carbons (Fsp3) is 0.474. The Morgan fingerprint density at radius 1 is 1.17 bits per heavy atom. The summed E-state index contributed by atoms with van der Waals surface area (Å²) in [7, 11) is 1.68. The third-order valence-electron chi connectivity index (χ3n) is 4.63. The molecule has 0 bridgehead atoms. The van der Waals surface area contributed by atoms with Gasteiger partial charge < -0.3 is 9.64 Å². The maximum atomic E-state index is 5.17. The van der Waals surface area contributed by atoms with E-state index in [1.165, 1.54) is 15.6 Å². The van der Waals surface area contributed by atoms with E-state index in [2.05, 4.69) is 62.0 Å². The fourth-order valence-corrected chi connectivity index (χ4v) is 3.58. The normalized spacial score (nSPS) is 15.8. The van der Waals surface area contributed by atoms with Gasteiger partial charge in [0.1, 0.15) is 12.4 Å². The van der Waals surface area contributed by atoms with Crippen LogP contribution in [0.1, 0.15) is 41.4 Å². The number of benzene rings is 1. The number of anilines is 1. The third-order valence-corrected chi connectivity index (χ3v) is 5.52. The molecule has 4 nitrogen and oxygen atoms in total. The first kappa shape index (κ1) is 17.4. The predicted molar refractivity (Wildman–Crippen MR) is 101 cm³/mol. The molecule has 2 heterocycles. The Hall–Kier alpha value is -1.46. The molecular weight excluding hydrogens is 366 g/mol. The summed E-state index contributed by atoms with van der Waals surface area (Å²) in [6, 6.07) is 8.81.